The highest BCUT2D eigenvalue weighted by Crippen LogP contribution is 2.35. The quantitative estimate of drug-likeness (QED) is 0.0952. The summed E-state index contributed by atoms with van der Waals surface area (Å²) in [5, 5.41) is 17.8. The van der Waals surface area contributed by atoms with Crippen LogP contribution in [0.15, 0.2) is 101 Å². The molecular formula is C44H46BBrF4O2S2. The Morgan fingerprint density at radius 3 is 1.30 bits per heavy atom. The monoisotopic (exact) mass is 836 g/mol. The van der Waals surface area contributed by atoms with E-state index in [9.17, 15) is 17.6 Å². The summed E-state index contributed by atoms with van der Waals surface area (Å²) in [6.07, 6.45) is 8.51. The topological polar surface area (TPSA) is 40.5 Å². The summed E-state index contributed by atoms with van der Waals surface area (Å²) in [4.78, 5) is 3.29. The zero-order valence-electron chi connectivity index (χ0n) is 31.1. The second-order valence-electron chi connectivity index (χ2n) is 12.9. The van der Waals surface area contributed by atoms with Crippen LogP contribution in [0.1, 0.15) is 74.3 Å². The van der Waals surface area contributed by atoms with Crippen LogP contribution in [0, 0.1) is 23.3 Å². The van der Waals surface area contributed by atoms with Crippen molar-refractivity contribution in [3.8, 4) is 32.7 Å². The van der Waals surface area contributed by atoms with Crippen LogP contribution in [0.25, 0.3) is 32.7 Å². The molecule has 0 saturated carbocycles. The molecule has 0 fully saturated rings. The fraction of sp³-hybridized carbons (Fsp3) is 0.273. The molecule has 4 aromatic carbocycles. The Kier molecular flexibility index (Phi) is 17.2. The van der Waals surface area contributed by atoms with Crippen molar-refractivity contribution in [3.05, 3.63) is 145 Å². The number of halogens is 5. The predicted octanol–water partition coefficient (Wildman–Crippen LogP) is 13.0. The van der Waals surface area contributed by atoms with Gasteiger partial charge in [-0.1, -0.05) is 102 Å². The van der Waals surface area contributed by atoms with Gasteiger partial charge in [0.15, 0.2) is 0 Å². The average Bonchev–Trinajstić information content (AvgIpc) is 3.77. The number of hydrogen-bond donors (Lipinski definition) is 2. The molecular weight excluding hydrogens is 791 g/mol. The van der Waals surface area contributed by atoms with Gasteiger partial charge in [-0.05, 0) is 124 Å². The van der Waals surface area contributed by atoms with Crippen molar-refractivity contribution in [1.82, 2.24) is 0 Å². The van der Waals surface area contributed by atoms with E-state index in [1.165, 1.54) is 56.1 Å². The van der Waals surface area contributed by atoms with Gasteiger partial charge in [-0.2, -0.15) is 0 Å². The maximum atomic E-state index is 14.6. The van der Waals surface area contributed by atoms with Crippen LogP contribution in [0.3, 0.4) is 0 Å². The Bertz CT molecular complexity index is 2010. The highest BCUT2D eigenvalue weighted by Gasteiger charge is 2.23. The van der Waals surface area contributed by atoms with Gasteiger partial charge in [-0.15, -0.1) is 22.7 Å². The highest BCUT2D eigenvalue weighted by molar-refractivity contribution is 9.11. The Labute approximate surface area is 333 Å². The fourth-order valence-corrected chi connectivity index (χ4v) is 8.65. The van der Waals surface area contributed by atoms with E-state index in [1.54, 1.807) is 12.1 Å². The Morgan fingerprint density at radius 2 is 0.907 bits per heavy atom. The van der Waals surface area contributed by atoms with Crippen LogP contribution in [-0.2, 0) is 25.7 Å². The summed E-state index contributed by atoms with van der Waals surface area (Å²) in [5.74, 6) is -2.93. The molecule has 0 aliphatic heterocycles. The second-order valence-corrected chi connectivity index (χ2v) is 16.6. The largest absolute Gasteiger partial charge is 0.494 e. The summed E-state index contributed by atoms with van der Waals surface area (Å²) < 4.78 is 57.9. The molecule has 0 saturated heterocycles. The van der Waals surface area contributed by atoms with Crippen LogP contribution >= 0.6 is 38.6 Å². The van der Waals surface area contributed by atoms with E-state index in [1.807, 2.05) is 59.9 Å². The first-order valence-electron chi connectivity index (χ1n) is 18.3. The van der Waals surface area contributed by atoms with Crippen LogP contribution in [0.2, 0.25) is 0 Å². The number of rotatable bonds is 12. The van der Waals surface area contributed by atoms with Crippen LogP contribution in [0.4, 0.5) is 17.6 Å². The number of benzene rings is 4. The van der Waals surface area contributed by atoms with Crippen molar-refractivity contribution >= 4 is 51.2 Å². The van der Waals surface area contributed by atoms with Gasteiger partial charge in [0.1, 0.15) is 23.3 Å². The lowest BCUT2D eigenvalue weighted by atomic mass is 9.78. The van der Waals surface area contributed by atoms with E-state index < -0.39 is 35.9 Å². The summed E-state index contributed by atoms with van der Waals surface area (Å²) in [6.45, 7) is 8.51. The van der Waals surface area contributed by atoms with Crippen molar-refractivity contribution in [2.24, 2.45) is 0 Å². The maximum Gasteiger partial charge on any atom is 0.494 e. The van der Waals surface area contributed by atoms with Gasteiger partial charge in [-0.3, -0.25) is 0 Å². The van der Waals surface area contributed by atoms with Crippen molar-refractivity contribution in [2.45, 2.75) is 79.1 Å². The summed E-state index contributed by atoms with van der Waals surface area (Å²) in [6, 6.07) is 28.5. The van der Waals surface area contributed by atoms with E-state index in [0.717, 1.165) is 61.1 Å². The molecule has 54 heavy (non-hydrogen) atoms. The first kappa shape index (κ1) is 43.2. The van der Waals surface area contributed by atoms with E-state index in [0.29, 0.717) is 21.6 Å². The number of thiophene rings is 2. The molecule has 0 radical (unpaired) electrons. The molecule has 6 aromatic rings. The molecule has 0 aliphatic rings. The van der Waals surface area contributed by atoms with Crippen LogP contribution in [0.5, 0.6) is 0 Å². The molecule has 0 bridgehead atoms. The summed E-state index contributed by atoms with van der Waals surface area (Å²) >= 11 is 6.72. The van der Waals surface area contributed by atoms with E-state index in [4.69, 9.17) is 10.0 Å². The zero-order chi connectivity index (χ0) is 39.2. The SMILES string of the molecule is CCCc1ccc(-c2cc(F)c(-c3ccc(CCC)s3)c(F)c2)cc1.CCCc1ccc(-c2cc(F)c(B(O)O)c(F)c2)cc1.CCCc1ccc(Br)s1. The molecule has 2 nitrogen and oxygen atoms in total. The van der Waals surface area contributed by atoms with Crippen molar-refractivity contribution in [3.63, 3.8) is 0 Å². The van der Waals surface area contributed by atoms with Gasteiger partial charge in [0.05, 0.1) is 14.8 Å². The van der Waals surface area contributed by atoms with Gasteiger partial charge in [0, 0.05) is 14.6 Å². The number of aryl methyl sites for hydroxylation is 4. The molecule has 0 unspecified atom stereocenters. The molecule has 6 rings (SSSR count). The molecule has 2 N–H and O–H groups in total. The Morgan fingerprint density at radius 1 is 0.500 bits per heavy atom. The van der Waals surface area contributed by atoms with Crippen molar-refractivity contribution in [2.75, 3.05) is 0 Å². The minimum Gasteiger partial charge on any atom is -0.423 e. The third-order valence-electron chi connectivity index (χ3n) is 8.56. The summed E-state index contributed by atoms with van der Waals surface area (Å²) in [5.41, 5.74) is 4.23. The van der Waals surface area contributed by atoms with E-state index in [2.05, 4.69) is 55.8 Å². The van der Waals surface area contributed by atoms with Gasteiger partial charge in [0.2, 0.25) is 0 Å². The second kappa shape index (κ2) is 21.5. The molecule has 10 heteroatoms. The van der Waals surface area contributed by atoms with Gasteiger partial charge >= 0.3 is 7.12 Å². The lowest BCUT2D eigenvalue weighted by Crippen LogP contribution is -2.35. The van der Waals surface area contributed by atoms with Gasteiger partial charge < -0.3 is 10.0 Å². The van der Waals surface area contributed by atoms with Crippen LogP contribution in [-0.4, -0.2) is 17.2 Å². The molecule has 2 aromatic heterocycles. The molecule has 0 aliphatic carbocycles. The number of hydrogen-bond acceptors (Lipinski definition) is 4. The zero-order valence-corrected chi connectivity index (χ0v) is 34.3. The molecule has 0 amide bonds. The fourth-order valence-electron chi connectivity index (χ4n) is 5.90. The lowest BCUT2D eigenvalue weighted by Gasteiger charge is -2.08. The third kappa shape index (κ3) is 12.2. The van der Waals surface area contributed by atoms with Gasteiger partial charge in [0.25, 0.3) is 0 Å². The first-order valence-corrected chi connectivity index (χ1v) is 20.8. The third-order valence-corrected chi connectivity index (χ3v) is 11.4. The Hall–Kier alpha value is -3.54. The van der Waals surface area contributed by atoms with Gasteiger partial charge in [-0.25, -0.2) is 17.6 Å². The van der Waals surface area contributed by atoms with Crippen LogP contribution < -0.4 is 5.46 Å². The van der Waals surface area contributed by atoms with Crippen molar-refractivity contribution < 1.29 is 27.6 Å². The normalized spacial score (nSPS) is 10.7. The minimum atomic E-state index is -2.16. The average molecular weight is 838 g/mol. The molecule has 284 valence electrons. The maximum absolute atomic E-state index is 14.6. The standard InChI is InChI=1S/C22H22F2S.C15H15BF2O2.C7H9BrS/c1-3-5-15-7-9-16(10-8-15)17-13-19(23)22(20(24)14-17)21-12-11-18(25-21)6-4-2;1-2-3-10-4-6-11(7-5-10)12-8-13(17)15(16(19)20)14(18)9-12;1-2-3-6-4-5-7(8)9-6/h7-14H,3-6H2,1-2H3;4-9,19-20H,2-3H2,1H3;4-5H,2-3H2,1H3. The smallest absolute Gasteiger partial charge is 0.423 e. The summed E-state index contributed by atoms with van der Waals surface area (Å²) in [7, 11) is -2.16. The Balaban J connectivity index is 0.000000199. The lowest BCUT2D eigenvalue weighted by molar-refractivity contribution is 0.419. The molecule has 0 atom stereocenters. The van der Waals surface area contributed by atoms with Crippen molar-refractivity contribution in [1.29, 1.82) is 0 Å². The highest BCUT2D eigenvalue weighted by atomic mass is 79.9. The van der Waals surface area contributed by atoms with E-state index >= 15 is 0 Å². The predicted molar refractivity (Wildman–Crippen MR) is 225 cm³/mol. The first-order chi connectivity index (χ1) is 26.0. The van der Waals surface area contributed by atoms with E-state index in [-0.39, 0.29) is 5.56 Å². The molecule has 0 spiro atoms. The molecule has 2 heterocycles. The minimum absolute atomic E-state index is 0.0821.